The molecule has 0 unspecified atom stereocenters. The molecule has 20 heavy (non-hydrogen) atoms. The van der Waals surface area contributed by atoms with Gasteiger partial charge in [-0.05, 0) is 31.2 Å². The standard InChI is InChI=1S/C16H18N4/c1-12-5-7-13(8-6-12)17-11-9-15-19-14-4-3-10-18-16(14)20(15)2/h3-8,10,17H,9,11H2,1-2H3. The summed E-state index contributed by atoms with van der Waals surface area (Å²) >= 11 is 0. The molecule has 2 heterocycles. The van der Waals surface area contributed by atoms with E-state index in [9.17, 15) is 0 Å². The van der Waals surface area contributed by atoms with E-state index in [1.165, 1.54) is 5.56 Å². The van der Waals surface area contributed by atoms with Crippen LogP contribution in [0.3, 0.4) is 0 Å². The van der Waals surface area contributed by atoms with Crippen molar-refractivity contribution in [2.24, 2.45) is 7.05 Å². The zero-order chi connectivity index (χ0) is 13.9. The molecular weight excluding hydrogens is 248 g/mol. The van der Waals surface area contributed by atoms with Crippen LogP contribution >= 0.6 is 0 Å². The summed E-state index contributed by atoms with van der Waals surface area (Å²) in [4.78, 5) is 8.98. The number of hydrogen-bond acceptors (Lipinski definition) is 3. The van der Waals surface area contributed by atoms with Crippen LogP contribution in [0.5, 0.6) is 0 Å². The van der Waals surface area contributed by atoms with Crippen molar-refractivity contribution >= 4 is 16.9 Å². The number of nitrogens with one attached hydrogen (secondary N) is 1. The monoisotopic (exact) mass is 266 g/mol. The van der Waals surface area contributed by atoms with Crippen molar-refractivity contribution in [3.8, 4) is 0 Å². The predicted molar refractivity (Wildman–Crippen MR) is 81.9 cm³/mol. The van der Waals surface area contributed by atoms with Crippen LogP contribution in [0.2, 0.25) is 0 Å². The van der Waals surface area contributed by atoms with Crippen molar-refractivity contribution in [3.05, 3.63) is 54.0 Å². The van der Waals surface area contributed by atoms with Crippen molar-refractivity contribution in [2.45, 2.75) is 13.3 Å². The number of rotatable bonds is 4. The number of hydrogen-bond donors (Lipinski definition) is 1. The van der Waals surface area contributed by atoms with Crippen molar-refractivity contribution in [2.75, 3.05) is 11.9 Å². The highest BCUT2D eigenvalue weighted by atomic mass is 15.1. The zero-order valence-corrected chi connectivity index (χ0v) is 11.8. The molecule has 4 heteroatoms. The highest BCUT2D eigenvalue weighted by molar-refractivity contribution is 5.70. The van der Waals surface area contributed by atoms with Gasteiger partial charge in [-0.15, -0.1) is 0 Å². The Bertz CT molecular complexity index is 713. The van der Waals surface area contributed by atoms with Crippen molar-refractivity contribution in [3.63, 3.8) is 0 Å². The number of benzene rings is 1. The van der Waals surface area contributed by atoms with Gasteiger partial charge >= 0.3 is 0 Å². The Morgan fingerprint density at radius 3 is 2.70 bits per heavy atom. The largest absolute Gasteiger partial charge is 0.385 e. The Labute approximate surface area is 118 Å². The van der Waals surface area contributed by atoms with Crippen LogP contribution in [0, 0.1) is 6.92 Å². The van der Waals surface area contributed by atoms with E-state index in [1.807, 2.05) is 19.2 Å². The molecule has 0 fully saturated rings. The van der Waals surface area contributed by atoms with E-state index in [0.29, 0.717) is 0 Å². The van der Waals surface area contributed by atoms with Gasteiger partial charge in [0, 0.05) is 31.9 Å². The lowest BCUT2D eigenvalue weighted by molar-refractivity contribution is 0.801. The molecule has 0 aliphatic rings. The molecular formula is C16H18N4. The molecule has 0 amide bonds. The molecule has 0 aliphatic carbocycles. The zero-order valence-electron chi connectivity index (χ0n) is 11.8. The number of fused-ring (bicyclic) bond motifs is 1. The Morgan fingerprint density at radius 2 is 1.95 bits per heavy atom. The molecule has 0 radical (unpaired) electrons. The van der Waals surface area contributed by atoms with Crippen LogP contribution in [-0.4, -0.2) is 21.1 Å². The number of imidazole rings is 1. The van der Waals surface area contributed by atoms with Crippen LogP contribution in [0.1, 0.15) is 11.4 Å². The van der Waals surface area contributed by atoms with E-state index in [-0.39, 0.29) is 0 Å². The third-order valence-electron chi connectivity index (χ3n) is 3.45. The molecule has 4 nitrogen and oxygen atoms in total. The normalized spacial score (nSPS) is 10.9. The molecule has 3 aromatic rings. The molecule has 0 bridgehead atoms. The average molecular weight is 266 g/mol. The van der Waals surface area contributed by atoms with Crippen LogP contribution in [0.25, 0.3) is 11.2 Å². The van der Waals surface area contributed by atoms with Gasteiger partial charge in [-0.2, -0.15) is 0 Å². The minimum atomic E-state index is 0.861. The summed E-state index contributed by atoms with van der Waals surface area (Å²) in [6, 6.07) is 12.4. The lowest BCUT2D eigenvalue weighted by Crippen LogP contribution is -2.08. The highest BCUT2D eigenvalue weighted by Crippen LogP contribution is 2.13. The van der Waals surface area contributed by atoms with Gasteiger partial charge in [0.2, 0.25) is 0 Å². The van der Waals surface area contributed by atoms with Crippen molar-refractivity contribution in [1.29, 1.82) is 0 Å². The number of aromatic nitrogens is 3. The lowest BCUT2D eigenvalue weighted by Gasteiger charge is -2.06. The number of pyridine rings is 1. The van der Waals surface area contributed by atoms with E-state index in [2.05, 4.69) is 51.0 Å². The fourth-order valence-electron chi connectivity index (χ4n) is 2.28. The smallest absolute Gasteiger partial charge is 0.159 e. The predicted octanol–water partition coefficient (Wildman–Crippen LogP) is 2.93. The first-order valence-corrected chi connectivity index (χ1v) is 6.81. The molecule has 0 atom stereocenters. The van der Waals surface area contributed by atoms with Gasteiger partial charge in [0.05, 0.1) is 0 Å². The summed E-state index contributed by atoms with van der Waals surface area (Å²) in [6.45, 7) is 2.95. The number of aryl methyl sites for hydroxylation is 2. The summed E-state index contributed by atoms with van der Waals surface area (Å²) < 4.78 is 2.06. The molecule has 3 rings (SSSR count). The molecule has 1 N–H and O–H groups in total. The summed E-state index contributed by atoms with van der Waals surface area (Å²) in [6.07, 6.45) is 2.68. The minimum Gasteiger partial charge on any atom is -0.385 e. The molecule has 0 saturated heterocycles. The molecule has 102 valence electrons. The van der Waals surface area contributed by atoms with Gasteiger partial charge in [-0.3, -0.25) is 0 Å². The molecule has 0 spiro atoms. The first-order chi connectivity index (χ1) is 9.74. The van der Waals surface area contributed by atoms with Crippen molar-refractivity contribution < 1.29 is 0 Å². The Morgan fingerprint density at radius 1 is 1.15 bits per heavy atom. The maximum absolute atomic E-state index is 4.62. The van der Waals surface area contributed by atoms with E-state index in [0.717, 1.165) is 35.6 Å². The summed E-state index contributed by atoms with van der Waals surface area (Å²) in [5.74, 6) is 1.05. The second-order valence-electron chi connectivity index (χ2n) is 4.98. The van der Waals surface area contributed by atoms with Gasteiger partial charge < -0.3 is 9.88 Å². The van der Waals surface area contributed by atoms with E-state index < -0.39 is 0 Å². The summed E-state index contributed by atoms with van der Waals surface area (Å²) in [5.41, 5.74) is 4.32. The van der Waals surface area contributed by atoms with E-state index >= 15 is 0 Å². The fraction of sp³-hybridized carbons (Fsp3) is 0.250. The van der Waals surface area contributed by atoms with Gasteiger partial charge in [-0.25, -0.2) is 9.97 Å². The van der Waals surface area contributed by atoms with Gasteiger partial charge in [0.1, 0.15) is 11.3 Å². The molecule has 0 aliphatic heterocycles. The van der Waals surface area contributed by atoms with Crippen molar-refractivity contribution in [1.82, 2.24) is 14.5 Å². The van der Waals surface area contributed by atoms with E-state index in [1.54, 1.807) is 6.20 Å². The van der Waals surface area contributed by atoms with Gasteiger partial charge in [-0.1, -0.05) is 17.7 Å². The van der Waals surface area contributed by atoms with Crippen LogP contribution in [0.15, 0.2) is 42.6 Å². The third kappa shape index (κ3) is 2.50. The summed E-state index contributed by atoms with van der Waals surface area (Å²) in [5, 5.41) is 3.42. The summed E-state index contributed by atoms with van der Waals surface area (Å²) in [7, 11) is 2.02. The SMILES string of the molecule is Cc1ccc(NCCc2nc3cccnc3n2C)cc1. The Hall–Kier alpha value is -2.36. The maximum Gasteiger partial charge on any atom is 0.159 e. The average Bonchev–Trinajstić information content (AvgIpc) is 2.78. The lowest BCUT2D eigenvalue weighted by atomic mass is 10.2. The van der Waals surface area contributed by atoms with Gasteiger partial charge in [0.15, 0.2) is 5.65 Å². The second-order valence-corrected chi connectivity index (χ2v) is 4.98. The third-order valence-corrected chi connectivity index (χ3v) is 3.45. The van der Waals surface area contributed by atoms with Crippen LogP contribution < -0.4 is 5.32 Å². The maximum atomic E-state index is 4.62. The highest BCUT2D eigenvalue weighted by Gasteiger charge is 2.07. The number of nitrogens with zero attached hydrogens (tertiary/aromatic N) is 3. The molecule has 2 aromatic heterocycles. The first kappa shape index (κ1) is 12.7. The van der Waals surface area contributed by atoms with E-state index in [4.69, 9.17) is 0 Å². The number of anilines is 1. The Kier molecular flexibility index (Phi) is 3.37. The van der Waals surface area contributed by atoms with Gasteiger partial charge in [0.25, 0.3) is 0 Å². The minimum absolute atomic E-state index is 0.861. The topological polar surface area (TPSA) is 42.7 Å². The first-order valence-electron chi connectivity index (χ1n) is 6.81. The fourth-order valence-corrected chi connectivity index (χ4v) is 2.28. The van der Waals surface area contributed by atoms with Crippen LogP contribution in [0.4, 0.5) is 5.69 Å². The quantitative estimate of drug-likeness (QED) is 0.789. The Balaban J connectivity index is 1.68. The molecule has 0 saturated carbocycles. The second kappa shape index (κ2) is 5.33. The van der Waals surface area contributed by atoms with Crippen LogP contribution in [-0.2, 0) is 13.5 Å². The molecule has 1 aromatic carbocycles.